The van der Waals surface area contributed by atoms with Gasteiger partial charge in [-0.05, 0) is 24.7 Å². The van der Waals surface area contributed by atoms with Gasteiger partial charge in [-0.15, -0.1) is 0 Å². The summed E-state index contributed by atoms with van der Waals surface area (Å²) in [6.45, 7) is 8.76. The highest BCUT2D eigenvalue weighted by atomic mass is 16.4. The molecule has 0 bridgehead atoms. The molecule has 0 aromatic heterocycles. The zero-order chi connectivity index (χ0) is 33.3. The smallest absolute Gasteiger partial charge is 0.303 e. The molecule has 2 unspecified atom stereocenters. The van der Waals surface area contributed by atoms with Gasteiger partial charge in [0.15, 0.2) is 0 Å². The van der Waals surface area contributed by atoms with E-state index >= 15 is 0 Å². The Balaban J connectivity index is 3.98. The molecule has 12 heteroatoms. The van der Waals surface area contributed by atoms with Crippen molar-refractivity contribution in [3.63, 3.8) is 0 Å². The highest BCUT2D eigenvalue weighted by Gasteiger charge is 2.26. The van der Waals surface area contributed by atoms with E-state index in [1.54, 1.807) is 0 Å². The minimum absolute atomic E-state index is 0.0539. The fraction of sp³-hybridized carbons (Fsp3) is 0.812. The normalized spacial score (nSPS) is 13.6. The van der Waals surface area contributed by atoms with Crippen molar-refractivity contribution in [3.05, 3.63) is 0 Å². The van der Waals surface area contributed by atoms with E-state index in [4.69, 9.17) is 10.2 Å². The summed E-state index contributed by atoms with van der Waals surface area (Å²) in [6.07, 6.45) is 11.1. The summed E-state index contributed by atoms with van der Waals surface area (Å²) >= 11 is 0. The lowest BCUT2D eigenvalue weighted by Gasteiger charge is -2.23. The predicted molar refractivity (Wildman–Crippen MR) is 169 cm³/mol. The number of hydrogen-bond donors (Lipinski definition) is 6. The van der Waals surface area contributed by atoms with Crippen LogP contribution in [-0.2, 0) is 28.8 Å². The highest BCUT2D eigenvalue weighted by Crippen LogP contribution is 2.12. The fourth-order valence-corrected chi connectivity index (χ4v) is 4.64. The molecule has 254 valence electrons. The van der Waals surface area contributed by atoms with Crippen LogP contribution in [0.25, 0.3) is 0 Å². The van der Waals surface area contributed by atoms with Crippen LogP contribution in [0, 0.1) is 11.8 Å². The number of hydrogen-bond acceptors (Lipinski definition) is 6. The second-order valence-electron chi connectivity index (χ2n) is 11.8. The second-order valence-corrected chi connectivity index (χ2v) is 11.8. The molecular formula is C32H58N4O8. The van der Waals surface area contributed by atoms with Crippen LogP contribution in [0.5, 0.6) is 0 Å². The van der Waals surface area contributed by atoms with Crippen LogP contribution in [0.2, 0.25) is 0 Å². The van der Waals surface area contributed by atoms with Gasteiger partial charge in [0.2, 0.25) is 23.6 Å². The SMILES string of the molecule is CCC(C)[C@H](NC(=O)CCC(=O)O)C(=O)NCCCCCCCCCCCCNC(=O)[C@@H](NC(=O)CCC(=O)O)C(C)CC. The maximum absolute atomic E-state index is 12.6. The average molecular weight is 627 g/mol. The Morgan fingerprint density at radius 3 is 1.07 bits per heavy atom. The quantitative estimate of drug-likeness (QED) is 0.0739. The molecule has 0 fully saturated rings. The Labute approximate surface area is 263 Å². The van der Waals surface area contributed by atoms with E-state index in [1.165, 1.54) is 0 Å². The molecule has 0 spiro atoms. The Hall–Kier alpha value is -3.18. The van der Waals surface area contributed by atoms with Crippen LogP contribution in [0.3, 0.4) is 0 Å². The van der Waals surface area contributed by atoms with Crippen molar-refractivity contribution in [3.8, 4) is 0 Å². The van der Waals surface area contributed by atoms with Gasteiger partial charge in [-0.3, -0.25) is 28.8 Å². The van der Waals surface area contributed by atoms with Gasteiger partial charge >= 0.3 is 11.9 Å². The summed E-state index contributed by atoms with van der Waals surface area (Å²) in [5.74, 6) is -3.50. The molecule has 0 aromatic carbocycles. The number of carbonyl (C=O) groups excluding carboxylic acids is 4. The van der Waals surface area contributed by atoms with Crippen LogP contribution < -0.4 is 21.3 Å². The number of nitrogens with one attached hydrogen (secondary N) is 4. The molecule has 0 aromatic rings. The minimum atomic E-state index is -1.04. The van der Waals surface area contributed by atoms with Gasteiger partial charge in [0.25, 0.3) is 0 Å². The van der Waals surface area contributed by atoms with Crippen molar-refractivity contribution >= 4 is 35.6 Å². The predicted octanol–water partition coefficient (Wildman–Crippen LogP) is 3.91. The first-order chi connectivity index (χ1) is 20.9. The van der Waals surface area contributed by atoms with E-state index in [2.05, 4.69) is 21.3 Å². The first-order valence-electron chi connectivity index (χ1n) is 16.5. The highest BCUT2D eigenvalue weighted by molar-refractivity contribution is 5.89. The van der Waals surface area contributed by atoms with E-state index in [1.807, 2.05) is 27.7 Å². The number of carbonyl (C=O) groups is 6. The summed E-state index contributed by atoms with van der Waals surface area (Å²) in [6, 6.07) is -1.33. The molecule has 4 amide bonds. The average Bonchev–Trinajstić information content (AvgIpc) is 2.99. The van der Waals surface area contributed by atoms with Crippen molar-refractivity contribution in [1.82, 2.24) is 21.3 Å². The van der Waals surface area contributed by atoms with Crippen molar-refractivity contribution in [2.75, 3.05) is 13.1 Å². The second kappa shape index (κ2) is 25.2. The van der Waals surface area contributed by atoms with Crippen molar-refractivity contribution in [2.45, 2.75) is 143 Å². The van der Waals surface area contributed by atoms with E-state index in [0.717, 1.165) is 64.2 Å². The van der Waals surface area contributed by atoms with E-state index in [-0.39, 0.29) is 49.3 Å². The van der Waals surface area contributed by atoms with E-state index < -0.39 is 35.8 Å². The molecule has 0 heterocycles. The molecule has 0 saturated carbocycles. The first kappa shape index (κ1) is 40.8. The molecule has 0 radical (unpaired) electrons. The van der Waals surface area contributed by atoms with Crippen LogP contribution in [-0.4, -0.2) is 71.0 Å². The monoisotopic (exact) mass is 626 g/mol. The molecule has 0 aliphatic carbocycles. The van der Waals surface area contributed by atoms with Crippen LogP contribution in [0.1, 0.15) is 130 Å². The summed E-state index contributed by atoms with van der Waals surface area (Å²) in [4.78, 5) is 70.6. The van der Waals surface area contributed by atoms with Crippen LogP contribution in [0.15, 0.2) is 0 Å². The van der Waals surface area contributed by atoms with Gasteiger partial charge in [0.1, 0.15) is 12.1 Å². The Morgan fingerprint density at radius 2 is 0.795 bits per heavy atom. The molecule has 0 aliphatic heterocycles. The first-order valence-corrected chi connectivity index (χ1v) is 16.5. The van der Waals surface area contributed by atoms with Crippen LogP contribution in [0.4, 0.5) is 0 Å². The lowest BCUT2D eigenvalue weighted by atomic mass is 9.98. The van der Waals surface area contributed by atoms with Gasteiger partial charge in [-0.1, -0.05) is 91.9 Å². The van der Waals surface area contributed by atoms with Gasteiger partial charge < -0.3 is 31.5 Å². The molecule has 0 aliphatic rings. The topological polar surface area (TPSA) is 191 Å². The largest absolute Gasteiger partial charge is 0.481 e. The van der Waals surface area contributed by atoms with Crippen molar-refractivity contribution < 1.29 is 39.0 Å². The summed E-state index contributed by atoms with van der Waals surface area (Å²) in [7, 11) is 0. The molecule has 6 N–H and O–H groups in total. The number of carboxylic acids is 2. The number of carboxylic acid groups (broad SMARTS) is 2. The number of aliphatic carboxylic acids is 2. The third-order valence-corrected chi connectivity index (χ3v) is 7.96. The van der Waals surface area contributed by atoms with Gasteiger partial charge in [0, 0.05) is 25.9 Å². The Kier molecular flexibility index (Phi) is 23.4. The van der Waals surface area contributed by atoms with Gasteiger partial charge in [-0.25, -0.2) is 0 Å². The Morgan fingerprint density at radius 1 is 0.500 bits per heavy atom. The third kappa shape index (κ3) is 20.7. The van der Waals surface area contributed by atoms with Crippen LogP contribution >= 0.6 is 0 Å². The van der Waals surface area contributed by atoms with Crippen molar-refractivity contribution in [2.24, 2.45) is 11.8 Å². The molecule has 0 saturated heterocycles. The number of rotatable bonds is 27. The number of unbranched alkanes of at least 4 members (excludes halogenated alkanes) is 9. The lowest BCUT2D eigenvalue weighted by Crippen LogP contribution is -2.50. The summed E-state index contributed by atoms with van der Waals surface area (Å²) in [5, 5.41) is 28.7. The maximum Gasteiger partial charge on any atom is 0.303 e. The minimum Gasteiger partial charge on any atom is -0.481 e. The zero-order valence-corrected chi connectivity index (χ0v) is 27.4. The third-order valence-electron chi connectivity index (χ3n) is 7.96. The zero-order valence-electron chi connectivity index (χ0n) is 27.4. The standard InChI is InChI=1S/C32H58N4O8/c1-5-23(3)29(35-25(37)17-19-27(39)40)31(43)33-21-15-13-11-9-7-8-10-12-14-16-22-34-32(44)30(24(4)6-2)36-26(38)18-20-28(41)42/h23-24,29-30H,5-22H2,1-4H3,(H,33,43)(H,34,44)(H,35,37)(H,36,38)(H,39,40)(H,41,42)/t23?,24?,29-,30-/m0/s1. The summed E-state index contributed by atoms with van der Waals surface area (Å²) in [5.41, 5.74) is 0. The molecule has 0 rings (SSSR count). The van der Waals surface area contributed by atoms with Gasteiger partial charge in [0.05, 0.1) is 12.8 Å². The number of amides is 4. The fourth-order valence-electron chi connectivity index (χ4n) is 4.64. The molecule has 4 atom stereocenters. The lowest BCUT2D eigenvalue weighted by molar-refractivity contribution is -0.139. The summed E-state index contributed by atoms with van der Waals surface area (Å²) < 4.78 is 0. The van der Waals surface area contributed by atoms with Crippen molar-refractivity contribution in [1.29, 1.82) is 0 Å². The molecule has 44 heavy (non-hydrogen) atoms. The molecular weight excluding hydrogens is 568 g/mol. The van der Waals surface area contributed by atoms with E-state index in [9.17, 15) is 28.8 Å². The molecule has 12 nitrogen and oxygen atoms in total. The maximum atomic E-state index is 12.6. The van der Waals surface area contributed by atoms with E-state index in [0.29, 0.717) is 25.9 Å². The van der Waals surface area contributed by atoms with Gasteiger partial charge in [-0.2, -0.15) is 0 Å². The Bertz CT molecular complexity index is 812.